The van der Waals surface area contributed by atoms with Gasteiger partial charge < -0.3 is 10.0 Å². The maximum absolute atomic E-state index is 12.2. The molecule has 1 aliphatic rings. The number of piperidine rings is 1. The van der Waals surface area contributed by atoms with Crippen molar-refractivity contribution in [1.82, 2.24) is 9.88 Å². The maximum Gasteiger partial charge on any atom is 0.305 e. The van der Waals surface area contributed by atoms with Crippen LogP contribution < -0.4 is 0 Å². The Hall–Kier alpha value is -1.43. The Morgan fingerprint density at radius 3 is 3.00 bits per heavy atom. The number of carbonyl (C=O) groups is 2. The minimum absolute atomic E-state index is 0.00755. The predicted molar refractivity (Wildman–Crippen MR) is 67.4 cm³/mol. The van der Waals surface area contributed by atoms with Crippen LogP contribution in [0.4, 0.5) is 0 Å². The summed E-state index contributed by atoms with van der Waals surface area (Å²) in [6.45, 7) is 0.668. The van der Waals surface area contributed by atoms with Crippen LogP contribution in [0.1, 0.15) is 31.4 Å². The second kappa shape index (κ2) is 5.95. The zero-order chi connectivity index (χ0) is 13.0. The van der Waals surface area contributed by atoms with Gasteiger partial charge in [0.25, 0.3) is 0 Å². The van der Waals surface area contributed by atoms with E-state index in [1.165, 1.54) is 11.3 Å². The number of hydrogen-bond acceptors (Lipinski definition) is 4. The van der Waals surface area contributed by atoms with E-state index in [0.717, 1.165) is 25.0 Å². The van der Waals surface area contributed by atoms with Gasteiger partial charge in [-0.05, 0) is 19.3 Å². The van der Waals surface area contributed by atoms with E-state index in [1.54, 1.807) is 10.4 Å². The zero-order valence-electron chi connectivity index (χ0n) is 10.0. The van der Waals surface area contributed by atoms with Crippen molar-refractivity contribution in [3.05, 3.63) is 16.6 Å². The molecule has 1 N–H and O–H groups in total. The molecule has 1 amide bonds. The fourth-order valence-electron chi connectivity index (χ4n) is 2.32. The van der Waals surface area contributed by atoms with E-state index in [4.69, 9.17) is 5.11 Å². The fraction of sp³-hybridized carbons (Fsp3) is 0.583. The first kappa shape index (κ1) is 13.0. The molecule has 0 aromatic carbocycles. The molecule has 1 aromatic heterocycles. The molecule has 1 fully saturated rings. The molecule has 0 aliphatic carbocycles. The molecule has 18 heavy (non-hydrogen) atoms. The molecule has 5 nitrogen and oxygen atoms in total. The fourth-order valence-corrected chi connectivity index (χ4v) is 2.88. The molecule has 0 saturated carbocycles. The van der Waals surface area contributed by atoms with Crippen molar-refractivity contribution in [3.8, 4) is 0 Å². The number of carboxylic acid groups (broad SMARTS) is 1. The molecule has 1 aliphatic heterocycles. The maximum atomic E-state index is 12.2. The van der Waals surface area contributed by atoms with E-state index < -0.39 is 5.97 Å². The monoisotopic (exact) mass is 268 g/mol. The summed E-state index contributed by atoms with van der Waals surface area (Å²) in [5.41, 5.74) is 2.47. The van der Waals surface area contributed by atoms with Crippen molar-refractivity contribution < 1.29 is 14.7 Å². The highest BCUT2D eigenvalue weighted by Gasteiger charge is 2.28. The van der Waals surface area contributed by atoms with Gasteiger partial charge in [-0.2, -0.15) is 0 Å². The van der Waals surface area contributed by atoms with Crippen LogP contribution in [0.3, 0.4) is 0 Å². The molecule has 1 saturated heterocycles. The first-order valence-electron chi connectivity index (χ1n) is 6.05. The van der Waals surface area contributed by atoms with Crippen molar-refractivity contribution in [1.29, 1.82) is 0 Å². The normalized spacial score (nSPS) is 19.8. The predicted octanol–water partition coefficient (Wildman–Crippen LogP) is 1.54. The van der Waals surface area contributed by atoms with E-state index in [2.05, 4.69) is 4.98 Å². The summed E-state index contributed by atoms with van der Waals surface area (Å²) in [7, 11) is 0. The number of nitrogens with zero attached hydrogens (tertiary/aromatic N) is 2. The first-order valence-corrected chi connectivity index (χ1v) is 6.99. The van der Waals surface area contributed by atoms with E-state index >= 15 is 0 Å². The Labute approximate surface area is 109 Å². The molecule has 2 rings (SSSR count). The highest BCUT2D eigenvalue weighted by atomic mass is 32.1. The number of carbonyl (C=O) groups excluding carboxylic acids is 1. The van der Waals surface area contributed by atoms with E-state index in [1.807, 2.05) is 5.38 Å². The number of aliphatic carboxylic acids is 1. The van der Waals surface area contributed by atoms with Crippen LogP contribution in [0.5, 0.6) is 0 Å². The number of rotatable bonds is 4. The summed E-state index contributed by atoms with van der Waals surface area (Å²) in [6, 6.07) is -0.151. The van der Waals surface area contributed by atoms with Crippen LogP contribution in [0.2, 0.25) is 0 Å². The lowest BCUT2D eigenvalue weighted by molar-refractivity contribution is -0.141. The average Bonchev–Trinajstić information content (AvgIpc) is 2.81. The lowest BCUT2D eigenvalue weighted by atomic mass is 9.99. The van der Waals surface area contributed by atoms with Crippen LogP contribution in [0.15, 0.2) is 10.9 Å². The van der Waals surface area contributed by atoms with Gasteiger partial charge in [-0.1, -0.05) is 0 Å². The van der Waals surface area contributed by atoms with Gasteiger partial charge >= 0.3 is 5.97 Å². The minimum Gasteiger partial charge on any atom is -0.481 e. The second-order valence-corrected chi connectivity index (χ2v) is 5.21. The standard InChI is InChI=1S/C12H16N2O3S/c15-11(5-9-7-18-8-13-9)14-4-2-1-3-10(14)6-12(16)17/h7-8,10H,1-6H2,(H,16,17). The number of carboxylic acids is 1. The highest BCUT2D eigenvalue weighted by Crippen LogP contribution is 2.20. The Kier molecular flexibility index (Phi) is 4.30. The number of amides is 1. The highest BCUT2D eigenvalue weighted by molar-refractivity contribution is 7.07. The Bertz CT molecular complexity index is 419. The SMILES string of the molecule is O=C(O)CC1CCCCN1C(=O)Cc1cscn1. The largest absolute Gasteiger partial charge is 0.481 e. The molecule has 6 heteroatoms. The van der Waals surface area contributed by atoms with Crippen molar-refractivity contribution in [3.63, 3.8) is 0 Å². The number of likely N-dealkylation sites (tertiary alicyclic amines) is 1. The van der Waals surface area contributed by atoms with Gasteiger partial charge in [0, 0.05) is 18.0 Å². The Balaban J connectivity index is 1.99. The summed E-state index contributed by atoms with van der Waals surface area (Å²) < 4.78 is 0. The van der Waals surface area contributed by atoms with E-state index in [0.29, 0.717) is 6.54 Å². The minimum atomic E-state index is -0.839. The van der Waals surface area contributed by atoms with Gasteiger partial charge in [0.15, 0.2) is 0 Å². The van der Waals surface area contributed by atoms with E-state index in [-0.39, 0.29) is 24.8 Å². The summed E-state index contributed by atoms with van der Waals surface area (Å²) in [5.74, 6) is -0.847. The summed E-state index contributed by atoms with van der Waals surface area (Å²) in [5, 5.41) is 10.7. The quantitative estimate of drug-likeness (QED) is 0.899. The third-order valence-electron chi connectivity index (χ3n) is 3.17. The zero-order valence-corrected chi connectivity index (χ0v) is 10.9. The molecule has 1 unspecified atom stereocenters. The van der Waals surface area contributed by atoms with Crippen LogP contribution in [0.25, 0.3) is 0 Å². The molecule has 0 spiro atoms. The van der Waals surface area contributed by atoms with Gasteiger partial charge in [-0.15, -0.1) is 11.3 Å². The van der Waals surface area contributed by atoms with Crippen molar-refractivity contribution in [2.75, 3.05) is 6.54 Å². The van der Waals surface area contributed by atoms with Gasteiger partial charge in [-0.25, -0.2) is 4.98 Å². The van der Waals surface area contributed by atoms with Crippen molar-refractivity contribution >= 4 is 23.2 Å². The lowest BCUT2D eigenvalue weighted by Crippen LogP contribution is -2.45. The van der Waals surface area contributed by atoms with Crippen LogP contribution >= 0.6 is 11.3 Å². The number of thiazole rings is 1. The molecule has 98 valence electrons. The van der Waals surface area contributed by atoms with Crippen LogP contribution in [0, 0.1) is 0 Å². The third kappa shape index (κ3) is 3.29. The van der Waals surface area contributed by atoms with Gasteiger partial charge in [0.2, 0.25) is 5.91 Å². The summed E-state index contributed by atoms with van der Waals surface area (Å²) in [4.78, 5) is 28.8. The van der Waals surface area contributed by atoms with Gasteiger partial charge in [0.05, 0.1) is 24.0 Å². The lowest BCUT2D eigenvalue weighted by Gasteiger charge is -2.35. The molecule has 2 heterocycles. The van der Waals surface area contributed by atoms with E-state index in [9.17, 15) is 9.59 Å². The van der Waals surface area contributed by atoms with Crippen molar-refractivity contribution in [2.45, 2.75) is 38.1 Å². The molecule has 0 bridgehead atoms. The molecular weight excluding hydrogens is 252 g/mol. The molecule has 0 radical (unpaired) electrons. The second-order valence-electron chi connectivity index (χ2n) is 4.49. The summed E-state index contributed by atoms with van der Waals surface area (Å²) in [6.07, 6.45) is 3.06. The summed E-state index contributed by atoms with van der Waals surface area (Å²) >= 11 is 1.46. The number of aromatic nitrogens is 1. The molecular formula is C12H16N2O3S. The third-order valence-corrected chi connectivity index (χ3v) is 3.81. The first-order chi connectivity index (χ1) is 8.66. The Morgan fingerprint density at radius 2 is 2.33 bits per heavy atom. The number of hydrogen-bond donors (Lipinski definition) is 1. The Morgan fingerprint density at radius 1 is 1.50 bits per heavy atom. The average molecular weight is 268 g/mol. The van der Waals surface area contributed by atoms with Gasteiger partial charge in [-0.3, -0.25) is 9.59 Å². The van der Waals surface area contributed by atoms with Crippen LogP contribution in [-0.2, 0) is 16.0 Å². The van der Waals surface area contributed by atoms with Crippen LogP contribution in [-0.4, -0.2) is 39.5 Å². The van der Waals surface area contributed by atoms with Crippen molar-refractivity contribution in [2.24, 2.45) is 0 Å². The molecule has 1 aromatic rings. The molecule has 1 atom stereocenters. The van der Waals surface area contributed by atoms with Gasteiger partial charge in [0.1, 0.15) is 0 Å². The topological polar surface area (TPSA) is 70.5 Å². The smallest absolute Gasteiger partial charge is 0.305 e.